The van der Waals surface area contributed by atoms with Gasteiger partial charge in [-0.05, 0) is 29.8 Å². The second kappa shape index (κ2) is 7.18. The van der Waals surface area contributed by atoms with E-state index in [0.29, 0.717) is 28.5 Å². The number of benzene rings is 1. The minimum atomic E-state index is -0.723. The Morgan fingerprint density at radius 1 is 1.19 bits per heavy atom. The van der Waals surface area contributed by atoms with Gasteiger partial charge in [-0.3, -0.25) is 9.48 Å². The number of hydrogen-bond acceptors (Lipinski definition) is 5. The molecule has 1 atom stereocenters. The molecular formula is C18H15ClN6O2. The van der Waals surface area contributed by atoms with Gasteiger partial charge < -0.3 is 14.8 Å². The van der Waals surface area contributed by atoms with Crippen molar-refractivity contribution in [3.05, 3.63) is 77.7 Å². The highest BCUT2D eigenvalue weighted by Crippen LogP contribution is 2.18. The number of anilines is 1. The molecule has 0 aliphatic heterocycles. The monoisotopic (exact) mass is 382 g/mol. The average Bonchev–Trinajstić information content (AvgIpc) is 3.31. The fraction of sp³-hybridized carbons (Fsp3) is 0.111. The van der Waals surface area contributed by atoms with Gasteiger partial charge in [-0.2, -0.15) is 5.10 Å². The Balaban J connectivity index is 1.44. The fourth-order valence-electron chi connectivity index (χ4n) is 2.67. The van der Waals surface area contributed by atoms with Crippen molar-refractivity contribution < 1.29 is 9.90 Å². The van der Waals surface area contributed by atoms with Gasteiger partial charge in [-0.15, -0.1) is 0 Å². The Morgan fingerprint density at radius 2 is 2.00 bits per heavy atom. The lowest BCUT2D eigenvalue weighted by molar-refractivity contribution is 0.102. The number of pyridine rings is 1. The maximum atomic E-state index is 12.4. The first-order chi connectivity index (χ1) is 13.1. The largest absolute Gasteiger partial charge is 0.386 e. The lowest BCUT2D eigenvalue weighted by Gasteiger charge is -2.11. The van der Waals surface area contributed by atoms with Crippen LogP contribution in [0.5, 0.6) is 0 Å². The smallest absolute Gasteiger partial charge is 0.275 e. The van der Waals surface area contributed by atoms with Crippen molar-refractivity contribution in [3.63, 3.8) is 0 Å². The van der Waals surface area contributed by atoms with Gasteiger partial charge in [0.15, 0.2) is 0 Å². The van der Waals surface area contributed by atoms with Crippen molar-refractivity contribution in [2.45, 2.75) is 12.6 Å². The van der Waals surface area contributed by atoms with E-state index >= 15 is 0 Å². The molecule has 1 aromatic carbocycles. The molecule has 0 bridgehead atoms. The molecule has 4 rings (SSSR count). The minimum absolute atomic E-state index is 0.285. The van der Waals surface area contributed by atoms with E-state index in [-0.39, 0.29) is 11.6 Å². The Hall–Kier alpha value is -3.23. The van der Waals surface area contributed by atoms with E-state index in [0.717, 1.165) is 0 Å². The first-order valence-corrected chi connectivity index (χ1v) is 8.52. The number of aliphatic hydroxyl groups is 1. The van der Waals surface area contributed by atoms with Crippen molar-refractivity contribution >= 4 is 28.8 Å². The summed E-state index contributed by atoms with van der Waals surface area (Å²) in [6.45, 7) is 0.301. The van der Waals surface area contributed by atoms with Crippen LogP contribution in [0.4, 0.5) is 5.69 Å². The summed E-state index contributed by atoms with van der Waals surface area (Å²) in [6, 6.07) is 10.4. The Kier molecular flexibility index (Phi) is 4.57. The summed E-state index contributed by atoms with van der Waals surface area (Å²) in [4.78, 5) is 20.5. The number of carbonyl (C=O) groups is 1. The highest BCUT2D eigenvalue weighted by atomic mass is 35.5. The molecule has 0 saturated heterocycles. The lowest BCUT2D eigenvalue weighted by atomic mass is 10.1. The second-order valence-electron chi connectivity index (χ2n) is 5.95. The molecule has 4 aromatic rings. The molecule has 0 aliphatic rings. The van der Waals surface area contributed by atoms with Gasteiger partial charge in [0.1, 0.15) is 24.0 Å². The zero-order chi connectivity index (χ0) is 18.8. The van der Waals surface area contributed by atoms with Crippen molar-refractivity contribution in [1.82, 2.24) is 24.1 Å². The maximum absolute atomic E-state index is 12.4. The van der Waals surface area contributed by atoms with Gasteiger partial charge in [0.2, 0.25) is 0 Å². The zero-order valence-corrected chi connectivity index (χ0v) is 14.8. The van der Waals surface area contributed by atoms with E-state index in [1.165, 1.54) is 6.33 Å². The molecular weight excluding hydrogens is 368 g/mol. The van der Waals surface area contributed by atoms with Crippen LogP contribution in [0.3, 0.4) is 0 Å². The number of carbonyl (C=O) groups excluding carboxylic acids is 1. The van der Waals surface area contributed by atoms with Crippen LogP contribution in [-0.4, -0.2) is 35.2 Å². The Bertz CT molecular complexity index is 1080. The summed E-state index contributed by atoms with van der Waals surface area (Å²) in [5.74, 6) is -0.328. The van der Waals surface area contributed by atoms with Gasteiger partial charge in [-0.1, -0.05) is 23.7 Å². The van der Waals surface area contributed by atoms with Crippen LogP contribution >= 0.6 is 11.6 Å². The standard InChI is InChI=1S/C18H15ClN6O2/c19-13-3-6-17-23-15(8-24(17)7-13)18(27)22-14-4-1-12(2-5-14)16(26)9-25-11-20-10-21-25/h1-8,10-11,16,26H,9H2,(H,22,27). The van der Waals surface area contributed by atoms with Crippen LogP contribution < -0.4 is 5.32 Å². The molecule has 0 fully saturated rings. The molecule has 136 valence electrons. The van der Waals surface area contributed by atoms with E-state index in [2.05, 4.69) is 20.4 Å². The molecule has 1 amide bonds. The Labute approximate surface area is 159 Å². The van der Waals surface area contributed by atoms with Crippen molar-refractivity contribution in [3.8, 4) is 0 Å². The normalized spacial score (nSPS) is 12.2. The van der Waals surface area contributed by atoms with E-state index in [9.17, 15) is 9.90 Å². The third kappa shape index (κ3) is 3.81. The highest BCUT2D eigenvalue weighted by molar-refractivity contribution is 6.30. The first kappa shape index (κ1) is 17.2. The minimum Gasteiger partial charge on any atom is -0.386 e. The van der Waals surface area contributed by atoms with Gasteiger partial charge in [0.05, 0.1) is 17.7 Å². The van der Waals surface area contributed by atoms with Crippen LogP contribution in [0, 0.1) is 0 Å². The van der Waals surface area contributed by atoms with E-state index in [4.69, 9.17) is 11.6 Å². The Morgan fingerprint density at radius 3 is 2.74 bits per heavy atom. The molecule has 0 spiro atoms. The third-order valence-electron chi connectivity index (χ3n) is 4.03. The number of aromatic nitrogens is 5. The van der Waals surface area contributed by atoms with E-state index < -0.39 is 6.10 Å². The summed E-state index contributed by atoms with van der Waals surface area (Å²) in [5.41, 5.74) is 2.24. The summed E-state index contributed by atoms with van der Waals surface area (Å²) in [7, 11) is 0. The summed E-state index contributed by atoms with van der Waals surface area (Å²) < 4.78 is 3.25. The predicted octanol–water partition coefficient (Wildman–Crippen LogP) is 2.57. The van der Waals surface area contributed by atoms with Crippen LogP contribution in [-0.2, 0) is 6.54 Å². The molecule has 0 saturated carbocycles. The quantitative estimate of drug-likeness (QED) is 0.553. The average molecular weight is 383 g/mol. The molecule has 3 aromatic heterocycles. The number of rotatable bonds is 5. The van der Waals surface area contributed by atoms with Gasteiger partial charge in [0.25, 0.3) is 5.91 Å². The first-order valence-electron chi connectivity index (χ1n) is 8.14. The van der Waals surface area contributed by atoms with Crippen LogP contribution in [0.1, 0.15) is 22.2 Å². The molecule has 27 heavy (non-hydrogen) atoms. The number of halogens is 1. The van der Waals surface area contributed by atoms with Gasteiger partial charge in [0, 0.05) is 18.1 Å². The summed E-state index contributed by atoms with van der Waals surface area (Å²) >= 11 is 5.94. The van der Waals surface area contributed by atoms with Crippen molar-refractivity contribution in [2.75, 3.05) is 5.32 Å². The van der Waals surface area contributed by atoms with Crippen LogP contribution in [0.15, 0.2) is 61.4 Å². The second-order valence-corrected chi connectivity index (χ2v) is 6.38. The lowest BCUT2D eigenvalue weighted by Crippen LogP contribution is -2.13. The fourth-order valence-corrected chi connectivity index (χ4v) is 2.84. The van der Waals surface area contributed by atoms with Crippen molar-refractivity contribution in [2.24, 2.45) is 0 Å². The maximum Gasteiger partial charge on any atom is 0.275 e. The SMILES string of the molecule is O=C(Nc1ccc(C(O)Cn2cncn2)cc1)c1cn2cc(Cl)ccc2n1. The molecule has 1 unspecified atom stereocenters. The van der Waals surface area contributed by atoms with Crippen LogP contribution in [0.25, 0.3) is 5.65 Å². The van der Waals surface area contributed by atoms with Crippen molar-refractivity contribution in [1.29, 1.82) is 0 Å². The molecule has 2 N–H and O–H groups in total. The molecule has 9 heteroatoms. The number of nitrogens with one attached hydrogen (secondary N) is 1. The summed E-state index contributed by atoms with van der Waals surface area (Å²) in [5, 5.41) is 17.6. The number of fused-ring (bicyclic) bond motifs is 1. The molecule has 3 heterocycles. The number of nitrogens with zero attached hydrogens (tertiary/aromatic N) is 5. The molecule has 0 radical (unpaired) electrons. The predicted molar refractivity (Wildman–Crippen MR) is 99.6 cm³/mol. The van der Waals surface area contributed by atoms with Crippen LogP contribution in [0.2, 0.25) is 5.02 Å². The molecule has 8 nitrogen and oxygen atoms in total. The number of hydrogen-bond donors (Lipinski definition) is 2. The van der Waals surface area contributed by atoms with Gasteiger partial charge >= 0.3 is 0 Å². The van der Waals surface area contributed by atoms with E-state index in [1.54, 1.807) is 64.2 Å². The number of imidazole rings is 1. The highest BCUT2D eigenvalue weighted by Gasteiger charge is 2.13. The number of aliphatic hydroxyl groups excluding tert-OH is 1. The van der Waals surface area contributed by atoms with E-state index in [1.807, 2.05) is 0 Å². The molecule has 0 aliphatic carbocycles. The number of amides is 1. The summed E-state index contributed by atoms with van der Waals surface area (Å²) in [6.07, 6.45) is 5.54. The zero-order valence-electron chi connectivity index (χ0n) is 14.0. The van der Waals surface area contributed by atoms with Gasteiger partial charge in [-0.25, -0.2) is 9.97 Å². The topological polar surface area (TPSA) is 97.3 Å². The third-order valence-corrected chi connectivity index (χ3v) is 4.25.